The first-order valence-corrected chi connectivity index (χ1v) is 20.9. The third-order valence-corrected chi connectivity index (χ3v) is 11.1. The van der Waals surface area contributed by atoms with E-state index in [2.05, 4.69) is 248 Å². The van der Waals surface area contributed by atoms with Gasteiger partial charge in [0.2, 0.25) is 0 Å². The molecular weight excluding hydrogens is 747 g/mol. The standard InChI is InChI=1S/C61H43N/c1-62-55-26-16-25-53(43-55)61-44-54(39-37-45-29-33-47(34-30-45)41-59(49-17-6-2-7-18-49)50-19-8-3-9-20-50)56(57-27-14-15-28-58(57)61)40-38-46-31-35-48(36-32-46)42-60(51-21-10-4-11-22-51)52-23-12-5-13-24-52/h2-44H. The normalized spacial score (nSPS) is 11.1. The molecule has 0 spiro atoms. The Hall–Kier alpha value is -8.31. The first-order valence-electron chi connectivity index (χ1n) is 20.9. The van der Waals surface area contributed by atoms with Gasteiger partial charge in [-0.05, 0) is 113 Å². The summed E-state index contributed by atoms with van der Waals surface area (Å²) in [5, 5.41) is 2.30. The van der Waals surface area contributed by atoms with E-state index in [1.165, 1.54) is 33.4 Å². The van der Waals surface area contributed by atoms with E-state index in [0.717, 1.165) is 55.3 Å². The lowest BCUT2D eigenvalue weighted by molar-refractivity contribution is 1.55. The topological polar surface area (TPSA) is 4.36 Å². The maximum Gasteiger partial charge on any atom is 0.187 e. The van der Waals surface area contributed by atoms with Crippen molar-refractivity contribution in [3.63, 3.8) is 0 Å². The summed E-state index contributed by atoms with van der Waals surface area (Å²) in [6.45, 7) is 7.70. The number of benzene rings is 9. The molecular formula is C61H43N. The molecule has 0 atom stereocenters. The SMILES string of the molecule is [C-]#[N+]c1cccc(-c2cc(C=Cc3ccc(C=C(c4ccccc4)c4ccccc4)cc3)c(C=Cc3ccc(C=C(c4ccccc4)c4ccccc4)cc3)c3ccccc23)c1. The molecule has 9 aromatic carbocycles. The first-order chi connectivity index (χ1) is 30.7. The number of fused-ring (bicyclic) bond motifs is 1. The van der Waals surface area contributed by atoms with Gasteiger partial charge in [0, 0.05) is 0 Å². The second-order valence-electron chi connectivity index (χ2n) is 15.2. The second kappa shape index (κ2) is 18.7. The molecule has 0 unspecified atom stereocenters. The van der Waals surface area contributed by atoms with E-state index in [1.54, 1.807) is 0 Å². The lowest BCUT2D eigenvalue weighted by Gasteiger charge is -2.14. The van der Waals surface area contributed by atoms with Crippen LogP contribution in [0.4, 0.5) is 5.69 Å². The largest absolute Gasteiger partial charge is 0.238 e. The van der Waals surface area contributed by atoms with E-state index in [-0.39, 0.29) is 0 Å². The molecule has 0 bridgehead atoms. The molecule has 9 aromatic rings. The zero-order chi connectivity index (χ0) is 41.9. The third-order valence-electron chi connectivity index (χ3n) is 11.1. The smallest absolute Gasteiger partial charge is 0.187 e. The average Bonchev–Trinajstić information content (AvgIpc) is 3.35. The van der Waals surface area contributed by atoms with Gasteiger partial charge in [-0.2, -0.15) is 0 Å². The van der Waals surface area contributed by atoms with Gasteiger partial charge in [-0.1, -0.05) is 237 Å². The minimum atomic E-state index is 0.627. The number of hydrogen-bond donors (Lipinski definition) is 0. The highest BCUT2D eigenvalue weighted by Crippen LogP contribution is 2.37. The number of hydrogen-bond acceptors (Lipinski definition) is 0. The molecule has 0 fully saturated rings. The Morgan fingerprint density at radius 2 is 0.774 bits per heavy atom. The maximum absolute atomic E-state index is 7.70. The summed E-state index contributed by atoms with van der Waals surface area (Å²) in [6, 6.07) is 78.6. The Balaban J connectivity index is 1.08. The van der Waals surface area contributed by atoms with Gasteiger partial charge in [-0.15, -0.1) is 0 Å². The average molecular weight is 790 g/mol. The zero-order valence-electron chi connectivity index (χ0n) is 34.3. The monoisotopic (exact) mass is 789 g/mol. The van der Waals surface area contributed by atoms with Gasteiger partial charge in [0.25, 0.3) is 0 Å². The van der Waals surface area contributed by atoms with Crippen LogP contribution >= 0.6 is 0 Å². The molecule has 1 heteroatoms. The van der Waals surface area contributed by atoms with E-state index < -0.39 is 0 Å². The molecule has 0 saturated carbocycles. The molecule has 1 nitrogen and oxygen atoms in total. The minimum absolute atomic E-state index is 0.627. The zero-order valence-corrected chi connectivity index (χ0v) is 34.3. The van der Waals surface area contributed by atoms with Crippen molar-refractivity contribution < 1.29 is 0 Å². The van der Waals surface area contributed by atoms with E-state index >= 15 is 0 Å². The fraction of sp³-hybridized carbons (Fsp3) is 0. The van der Waals surface area contributed by atoms with Crippen molar-refractivity contribution in [2.45, 2.75) is 0 Å². The van der Waals surface area contributed by atoms with E-state index in [0.29, 0.717) is 5.69 Å². The molecule has 9 rings (SSSR count). The molecule has 0 aliphatic carbocycles. The van der Waals surface area contributed by atoms with Crippen LogP contribution in [0.1, 0.15) is 55.6 Å². The highest BCUT2D eigenvalue weighted by molar-refractivity contribution is 6.05. The van der Waals surface area contributed by atoms with Gasteiger partial charge < -0.3 is 0 Å². The molecule has 0 heterocycles. The summed E-state index contributed by atoms with van der Waals surface area (Å²) in [5.41, 5.74) is 16.6. The van der Waals surface area contributed by atoms with Crippen LogP contribution in [0, 0.1) is 6.57 Å². The van der Waals surface area contributed by atoms with Crippen LogP contribution in [0.3, 0.4) is 0 Å². The van der Waals surface area contributed by atoms with E-state index in [9.17, 15) is 0 Å². The quantitative estimate of drug-likeness (QED) is 0.0908. The number of rotatable bonds is 11. The molecule has 0 aliphatic heterocycles. The Labute approximate surface area is 365 Å². The lowest BCUT2D eigenvalue weighted by atomic mass is 9.90. The van der Waals surface area contributed by atoms with Gasteiger partial charge in [0.1, 0.15) is 0 Å². The Morgan fingerprint density at radius 1 is 0.355 bits per heavy atom. The summed E-state index contributed by atoms with van der Waals surface area (Å²) in [7, 11) is 0. The molecule has 0 N–H and O–H groups in total. The van der Waals surface area contributed by atoms with Crippen LogP contribution in [0.15, 0.2) is 224 Å². The van der Waals surface area contributed by atoms with Crippen molar-refractivity contribution in [1.82, 2.24) is 0 Å². The van der Waals surface area contributed by atoms with Gasteiger partial charge in [-0.25, -0.2) is 4.85 Å². The molecule has 62 heavy (non-hydrogen) atoms. The van der Waals surface area contributed by atoms with Crippen LogP contribution in [0.5, 0.6) is 0 Å². The second-order valence-corrected chi connectivity index (χ2v) is 15.2. The summed E-state index contributed by atoms with van der Waals surface area (Å²) < 4.78 is 0. The predicted molar refractivity (Wildman–Crippen MR) is 266 cm³/mol. The van der Waals surface area contributed by atoms with Crippen molar-refractivity contribution in [3.8, 4) is 11.1 Å². The van der Waals surface area contributed by atoms with Gasteiger partial charge in [-0.3, -0.25) is 0 Å². The predicted octanol–water partition coefficient (Wildman–Crippen LogP) is 16.6. The summed E-state index contributed by atoms with van der Waals surface area (Å²) >= 11 is 0. The third kappa shape index (κ3) is 9.12. The van der Waals surface area contributed by atoms with Gasteiger partial charge in [0.15, 0.2) is 5.69 Å². The summed E-state index contributed by atoms with van der Waals surface area (Å²) in [4.78, 5) is 3.74. The number of nitrogens with zero attached hydrogens (tertiary/aromatic N) is 1. The summed E-state index contributed by atoms with van der Waals surface area (Å²) in [6.07, 6.45) is 13.4. The van der Waals surface area contributed by atoms with E-state index in [1.807, 2.05) is 18.2 Å². The van der Waals surface area contributed by atoms with Gasteiger partial charge in [0.05, 0.1) is 6.57 Å². The fourth-order valence-electron chi connectivity index (χ4n) is 7.97. The van der Waals surface area contributed by atoms with Crippen LogP contribution in [0.25, 0.3) is 74.3 Å². The van der Waals surface area contributed by atoms with Crippen LogP contribution < -0.4 is 0 Å². The molecule has 0 aliphatic rings. The van der Waals surface area contributed by atoms with Crippen LogP contribution in [-0.4, -0.2) is 0 Å². The Morgan fingerprint density at radius 3 is 1.24 bits per heavy atom. The van der Waals surface area contributed by atoms with Crippen molar-refractivity contribution in [2.75, 3.05) is 0 Å². The van der Waals surface area contributed by atoms with Crippen LogP contribution in [-0.2, 0) is 0 Å². The molecule has 292 valence electrons. The van der Waals surface area contributed by atoms with Crippen LogP contribution in [0.2, 0.25) is 0 Å². The molecule has 0 amide bonds. The fourth-order valence-corrected chi connectivity index (χ4v) is 7.97. The van der Waals surface area contributed by atoms with Crippen molar-refractivity contribution in [1.29, 1.82) is 0 Å². The van der Waals surface area contributed by atoms with Crippen molar-refractivity contribution in [2.24, 2.45) is 0 Å². The highest BCUT2D eigenvalue weighted by atomic mass is 14.6. The van der Waals surface area contributed by atoms with Crippen molar-refractivity contribution in [3.05, 3.63) is 292 Å². The molecule has 0 aromatic heterocycles. The summed E-state index contributed by atoms with van der Waals surface area (Å²) in [5.74, 6) is 0. The Bertz CT molecular complexity index is 3030. The molecule has 0 saturated heterocycles. The van der Waals surface area contributed by atoms with Gasteiger partial charge >= 0.3 is 0 Å². The lowest BCUT2D eigenvalue weighted by Crippen LogP contribution is -1.90. The van der Waals surface area contributed by atoms with Crippen molar-refractivity contribution >= 4 is 64.1 Å². The van der Waals surface area contributed by atoms with E-state index in [4.69, 9.17) is 6.57 Å². The molecule has 0 radical (unpaired) electrons. The highest BCUT2D eigenvalue weighted by Gasteiger charge is 2.12. The first kappa shape index (κ1) is 39.2. The minimum Gasteiger partial charge on any atom is -0.238 e. The Kier molecular flexibility index (Phi) is 11.8. The maximum atomic E-state index is 7.70.